The predicted octanol–water partition coefficient (Wildman–Crippen LogP) is 1.60. The third kappa shape index (κ3) is 7.53. The molecule has 0 aromatic rings. The van der Waals surface area contributed by atoms with Crippen LogP contribution in [0.5, 0.6) is 0 Å². The van der Waals surface area contributed by atoms with E-state index in [1.54, 1.807) is 37.5 Å². The van der Waals surface area contributed by atoms with Crippen LogP contribution in [0.3, 0.4) is 0 Å². The summed E-state index contributed by atoms with van der Waals surface area (Å²) in [5.41, 5.74) is 16.2. The Bertz CT molecular complexity index is 1130. The van der Waals surface area contributed by atoms with E-state index in [0.29, 0.717) is 18.2 Å². The minimum atomic E-state index is 0.129. The van der Waals surface area contributed by atoms with Gasteiger partial charge >= 0.3 is 0 Å². The maximum Gasteiger partial charge on any atom is 0.227 e. The van der Waals surface area contributed by atoms with Gasteiger partial charge in [0.25, 0.3) is 0 Å². The maximum atomic E-state index is 11.9. The van der Waals surface area contributed by atoms with Gasteiger partial charge in [0.2, 0.25) is 5.91 Å². The van der Waals surface area contributed by atoms with Crippen LogP contribution in [0, 0.1) is 17.2 Å². The molecule has 1 saturated heterocycles. The highest BCUT2D eigenvalue weighted by atomic mass is 16.2. The molecule has 7 N–H and O–H groups in total. The van der Waals surface area contributed by atoms with Crippen molar-refractivity contribution in [2.24, 2.45) is 33.3 Å². The Balaban J connectivity index is 1.52. The van der Waals surface area contributed by atoms with Crippen LogP contribution < -0.4 is 22.1 Å². The van der Waals surface area contributed by atoms with Gasteiger partial charge in [0.15, 0.2) is 0 Å². The number of hydrogen-bond donors (Lipinski definition) is 5. The van der Waals surface area contributed by atoms with Crippen molar-refractivity contribution in [3.8, 4) is 0 Å². The molecule has 0 aliphatic carbocycles. The zero-order valence-corrected chi connectivity index (χ0v) is 22.2. The zero-order chi connectivity index (χ0) is 26.9. The number of nitrogens with two attached hydrogens (primary N) is 2. The quantitative estimate of drug-likeness (QED) is 0.164. The molecule has 0 bridgehead atoms. The third-order valence-electron chi connectivity index (χ3n) is 6.29. The van der Waals surface area contributed by atoms with E-state index in [-0.39, 0.29) is 17.7 Å². The summed E-state index contributed by atoms with van der Waals surface area (Å²) in [4.78, 5) is 24.9. The Morgan fingerprint density at radius 1 is 1.30 bits per heavy atom. The lowest BCUT2D eigenvalue weighted by Gasteiger charge is -2.39. The summed E-state index contributed by atoms with van der Waals surface area (Å²) in [5, 5.41) is 14.1. The van der Waals surface area contributed by atoms with Crippen LogP contribution in [0.1, 0.15) is 20.3 Å². The van der Waals surface area contributed by atoms with Gasteiger partial charge in [-0.15, -0.1) is 0 Å². The molecule has 0 aromatic heterocycles. The van der Waals surface area contributed by atoms with Gasteiger partial charge in [0.05, 0.1) is 17.3 Å². The molecule has 0 aromatic carbocycles. The van der Waals surface area contributed by atoms with E-state index in [9.17, 15) is 4.79 Å². The summed E-state index contributed by atoms with van der Waals surface area (Å²) >= 11 is 0. The van der Waals surface area contributed by atoms with Crippen molar-refractivity contribution in [3.63, 3.8) is 0 Å². The number of hydrogen-bond acceptors (Lipinski definition) is 8. The fourth-order valence-corrected chi connectivity index (χ4v) is 4.08. The normalized spacial score (nSPS) is 19.2. The lowest BCUT2D eigenvalue weighted by molar-refractivity contribution is -0.138. The summed E-state index contributed by atoms with van der Waals surface area (Å²) in [7, 11) is 3.61. The monoisotopic (exact) mass is 505 g/mol. The van der Waals surface area contributed by atoms with Crippen molar-refractivity contribution < 1.29 is 4.79 Å². The van der Waals surface area contributed by atoms with Crippen molar-refractivity contribution in [3.05, 3.63) is 70.6 Å². The lowest BCUT2D eigenvalue weighted by atomic mass is 9.98. The Morgan fingerprint density at radius 2 is 2.05 bits per heavy atom. The molecule has 0 atom stereocenters. The average molecular weight is 506 g/mol. The second-order valence-corrected chi connectivity index (χ2v) is 9.74. The average Bonchev–Trinajstić information content (AvgIpc) is 2.84. The molecule has 3 aliphatic heterocycles. The van der Waals surface area contributed by atoms with Gasteiger partial charge in [0, 0.05) is 69.7 Å². The topological polar surface area (TPSA) is 148 Å². The minimum Gasteiger partial charge on any atom is -0.404 e. The third-order valence-corrected chi connectivity index (χ3v) is 6.29. The zero-order valence-electron chi connectivity index (χ0n) is 22.2. The van der Waals surface area contributed by atoms with Crippen LogP contribution in [0.4, 0.5) is 0 Å². The minimum absolute atomic E-state index is 0.129. The van der Waals surface area contributed by atoms with E-state index >= 15 is 0 Å². The Morgan fingerprint density at radius 3 is 2.70 bits per heavy atom. The number of fused-ring (bicyclic) bond motifs is 1. The van der Waals surface area contributed by atoms with E-state index < -0.39 is 0 Å². The largest absolute Gasteiger partial charge is 0.404 e. The van der Waals surface area contributed by atoms with E-state index in [1.165, 1.54) is 6.21 Å². The first-order valence-corrected chi connectivity index (χ1v) is 12.5. The van der Waals surface area contributed by atoms with Gasteiger partial charge in [0.1, 0.15) is 11.7 Å². The molecule has 0 radical (unpaired) electrons. The Labute approximate surface area is 219 Å². The number of carbonyl (C=O) groups excluding carboxylic acids is 1. The van der Waals surface area contributed by atoms with Gasteiger partial charge in [-0.25, -0.2) is 4.99 Å². The summed E-state index contributed by atoms with van der Waals surface area (Å²) in [6.45, 7) is 7.28. The molecule has 198 valence electrons. The highest BCUT2D eigenvalue weighted by molar-refractivity contribution is 5.97. The maximum absolute atomic E-state index is 11.9. The molecule has 1 fully saturated rings. The van der Waals surface area contributed by atoms with Crippen LogP contribution in [0.15, 0.2) is 80.6 Å². The predicted molar refractivity (Wildman–Crippen MR) is 151 cm³/mol. The molecule has 37 heavy (non-hydrogen) atoms. The number of amides is 1. The summed E-state index contributed by atoms with van der Waals surface area (Å²) in [6, 6.07) is 0. The second-order valence-electron chi connectivity index (χ2n) is 9.74. The number of aliphatic imine (C=N–C) groups is 2. The Kier molecular flexibility index (Phi) is 9.62. The summed E-state index contributed by atoms with van der Waals surface area (Å²) in [5.74, 6) is 1.46. The molecule has 3 rings (SSSR count). The van der Waals surface area contributed by atoms with Crippen LogP contribution in [-0.2, 0) is 4.79 Å². The molecule has 10 nitrogen and oxygen atoms in total. The second kappa shape index (κ2) is 12.9. The molecule has 1 amide bonds. The number of carbonyl (C=O) groups is 1. The van der Waals surface area contributed by atoms with Gasteiger partial charge in [-0.1, -0.05) is 13.8 Å². The molecular weight excluding hydrogens is 466 g/mol. The number of nitrogens with zero attached hydrogens (tertiary/aromatic N) is 4. The van der Waals surface area contributed by atoms with Crippen molar-refractivity contribution in [1.29, 1.82) is 5.41 Å². The van der Waals surface area contributed by atoms with Crippen molar-refractivity contribution in [2.45, 2.75) is 20.3 Å². The number of nitrogens with one attached hydrogen (secondary N) is 3. The first-order valence-electron chi connectivity index (χ1n) is 12.5. The lowest BCUT2D eigenvalue weighted by Crippen LogP contribution is -2.53. The smallest absolute Gasteiger partial charge is 0.227 e. The van der Waals surface area contributed by atoms with E-state index in [4.69, 9.17) is 16.9 Å². The van der Waals surface area contributed by atoms with Gasteiger partial charge in [-0.3, -0.25) is 9.79 Å². The summed E-state index contributed by atoms with van der Waals surface area (Å²) < 4.78 is 0. The van der Waals surface area contributed by atoms with Crippen LogP contribution >= 0.6 is 0 Å². The molecule has 0 unspecified atom stereocenters. The van der Waals surface area contributed by atoms with Crippen LogP contribution in [0.2, 0.25) is 0 Å². The van der Waals surface area contributed by atoms with E-state index in [2.05, 4.69) is 25.5 Å². The van der Waals surface area contributed by atoms with Crippen molar-refractivity contribution in [2.75, 3.05) is 40.3 Å². The first-order chi connectivity index (χ1) is 17.7. The Hall–Kier alpha value is -3.92. The molecule has 0 spiro atoms. The number of allylic oxidation sites excluding steroid dienone is 6. The van der Waals surface area contributed by atoms with Crippen LogP contribution in [0.25, 0.3) is 0 Å². The SMILES string of the molecule is CC(C)C(C=N)=CC(N)=NC1=CC=C2NC=C(C(C=NCCCN3CC(C(=O)N(C)C)C3)=CN)C=C2N1. The number of dihydropyridines is 2. The molecule has 0 saturated carbocycles. The highest BCUT2D eigenvalue weighted by Crippen LogP contribution is 2.22. The fourth-order valence-electron chi connectivity index (χ4n) is 4.08. The van der Waals surface area contributed by atoms with Crippen molar-refractivity contribution in [1.82, 2.24) is 20.4 Å². The molecule has 3 heterocycles. The standard InChI is InChI=1S/C27H39N9O/c1-18(2)19(12-28)11-25(30)34-26-7-6-23-24(33-26)10-20(15-32-23)21(13-29)14-31-8-5-9-36-16-22(17-36)27(37)35(3)4/h6-7,10-15,18,22,28,32-33H,5,8-9,16-17,29H2,1-4H3,(H2,30,34). The van der Waals surface area contributed by atoms with E-state index in [1.807, 2.05) is 38.3 Å². The number of rotatable bonds is 11. The fraction of sp³-hybridized carbons (Fsp3) is 0.407. The molecular formula is C27H39N9O. The first kappa shape index (κ1) is 27.7. The molecule has 3 aliphatic rings. The number of likely N-dealkylation sites (tertiary alicyclic amines) is 1. The van der Waals surface area contributed by atoms with Crippen LogP contribution in [-0.4, -0.2) is 74.2 Å². The number of amidine groups is 1. The van der Waals surface area contributed by atoms with Gasteiger partial charge in [-0.2, -0.15) is 0 Å². The highest BCUT2D eigenvalue weighted by Gasteiger charge is 2.32. The van der Waals surface area contributed by atoms with Crippen molar-refractivity contribution >= 4 is 24.2 Å². The van der Waals surface area contributed by atoms with Gasteiger partial charge in [-0.05, 0) is 48.8 Å². The molecule has 10 heteroatoms. The van der Waals surface area contributed by atoms with E-state index in [0.717, 1.165) is 54.2 Å². The summed E-state index contributed by atoms with van der Waals surface area (Å²) in [6.07, 6.45) is 14.9. The van der Waals surface area contributed by atoms with Gasteiger partial charge < -0.3 is 37.3 Å².